The van der Waals surface area contributed by atoms with Gasteiger partial charge < -0.3 is 35.1 Å². The van der Waals surface area contributed by atoms with Gasteiger partial charge in [-0.25, -0.2) is 9.97 Å². The highest BCUT2D eigenvalue weighted by Crippen LogP contribution is 2.24. The Balaban J connectivity index is 0.000000159. The van der Waals surface area contributed by atoms with Crippen LogP contribution in [0.1, 0.15) is 24.0 Å². The number of amides is 2. The van der Waals surface area contributed by atoms with Gasteiger partial charge in [-0.05, 0) is 66.1 Å². The van der Waals surface area contributed by atoms with Crippen molar-refractivity contribution in [3.63, 3.8) is 0 Å². The maximum Gasteiger partial charge on any atom is 0.265 e. The van der Waals surface area contributed by atoms with Gasteiger partial charge in [0.25, 0.3) is 16.0 Å². The van der Waals surface area contributed by atoms with Crippen molar-refractivity contribution >= 4 is 56.8 Å². The first kappa shape index (κ1) is 43.9. The van der Waals surface area contributed by atoms with Gasteiger partial charge in [-0.1, -0.05) is 47.5 Å². The van der Waals surface area contributed by atoms with Crippen molar-refractivity contribution in [2.45, 2.75) is 38.1 Å². The Kier molecular flexibility index (Phi) is 15.2. The molecule has 2 atom stereocenters. The molecule has 3 N–H and O–H groups in total. The lowest BCUT2D eigenvalue weighted by molar-refractivity contribution is -0.134. The Morgan fingerprint density at radius 1 is 0.661 bits per heavy atom. The lowest BCUT2D eigenvalue weighted by atomic mass is 10.1. The van der Waals surface area contributed by atoms with Crippen molar-refractivity contribution in [2.75, 3.05) is 81.5 Å². The molecule has 316 valence electrons. The van der Waals surface area contributed by atoms with Gasteiger partial charge in [0.1, 0.15) is 23.1 Å². The van der Waals surface area contributed by atoms with Crippen LogP contribution in [-0.2, 0) is 37.0 Å². The molecule has 0 spiro atoms. The van der Waals surface area contributed by atoms with Crippen LogP contribution in [0.15, 0.2) is 85.2 Å². The zero-order valence-electron chi connectivity index (χ0n) is 32.9. The fourth-order valence-corrected chi connectivity index (χ4v) is 8.15. The zero-order chi connectivity index (χ0) is 41.9. The molecule has 4 saturated heterocycles. The third-order valence-electron chi connectivity index (χ3n) is 10.4. The predicted molar refractivity (Wildman–Crippen MR) is 227 cm³/mol. The lowest BCUT2D eigenvalue weighted by Crippen LogP contribution is -2.52. The number of nitrogens with zero attached hydrogens (tertiary/aromatic N) is 7. The highest BCUT2D eigenvalue weighted by Gasteiger charge is 2.37. The number of likely N-dealkylation sites (tertiary alicyclic amines) is 2. The number of carbonyl (C=O) groups excluding carboxylic acids is 2. The van der Waals surface area contributed by atoms with Crippen LogP contribution in [0.4, 0.5) is 11.6 Å². The SMILES string of the molecule is CS(=O)(=O)O[C@@H]1CCN(Cc2ccc(Cl)cc2)C1=O.O=C1C(N2CCN(c3ccc(O)cn3)CC2)CCN1Cc1ccc(Cl)cc1.Oc1ccc(N2CCNCC2)nc1. The normalized spacial score (nSPS) is 19.9. The van der Waals surface area contributed by atoms with Gasteiger partial charge >= 0.3 is 0 Å². The number of hydrogen-bond acceptors (Lipinski definition) is 13. The molecule has 2 aromatic heterocycles. The first-order valence-electron chi connectivity index (χ1n) is 19.5. The highest BCUT2D eigenvalue weighted by atomic mass is 35.5. The van der Waals surface area contributed by atoms with Gasteiger partial charge in [-0.3, -0.25) is 18.7 Å². The number of carbonyl (C=O) groups is 2. The molecule has 4 aromatic rings. The summed E-state index contributed by atoms with van der Waals surface area (Å²) >= 11 is 11.7. The molecular weight excluding hydrogens is 819 g/mol. The fourth-order valence-electron chi connectivity index (χ4n) is 7.29. The Morgan fingerprint density at radius 3 is 1.61 bits per heavy atom. The molecule has 18 heteroatoms. The summed E-state index contributed by atoms with van der Waals surface area (Å²) in [4.78, 5) is 43.5. The molecular formula is C41H50Cl2N8O7S. The second-order valence-corrected chi connectivity index (χ2v) is 17.1. The van der Waals surface area contributed by atoms with Crippen LogP contribution < -0.4 is 15.1 Å². The van der Waals surface area contributed by atoms with E-state index in [1.165, 1.54) is 12.4 Å². The molecule has 59 heavy (non-hydrogen) atoms. The van der Waals surface area contributed by atoms with Crippen molar-refractivity contribution in [1.82, 2.24) is 30.0 Å². The number of pyridine rings is 2. The molecule has 4 aliphatic heterocycles. The summed E-state index contributed by atoms with van der Waals surface area (Å²) < 4.78 is 26.8. The number of anilines is 2. The van der Waals surface area contributed by atoms with E-state index in [1.54, 1.807) is 29.2 Å². The summed E-state index contributed by atoms with van der Waals surface area (Å²) in [5.41, 5.74) is 2.05. The number of benzene rings is 2. The van der Waals surface area contributed by atoms with Gasteiger partial charge in [-0.2, -0.15) is 8.42 Å². The Morgan fingerprint density at radius 2 is 1.14 bits per heavy atom. The first-order chi connectivity index (χ1) is 28.3. The average molecular weight is 870 g/mol. The van der Waals surface area contributed by atoms with Crippen LogP contribution in [0, 0.1) is 0 Å². The molecule has 2 amide bonds. The molecule has 4 aliphatic rings. The van der Waals surface area contributed by atoms with E-state index in [9.17, 15) is 23.1 Å². The molecule has 0 radical (unpaired) electrons. The van der Waals surface area contributed by atoms with Crippen LogP contribution >= 0.6 is 23.2 Å². The van der Waals surface area contributed by atoms with E-state index in [4.69, 9.17) is 32.5 Å². The Labute approximate surface area is 355 Å². The largest absolute Gasteiger partial charge is 0.506 e. The minimum absolute atomic E-state index is 0.0211. The van der Waals surface area contributed by atoms with Gasteiger partial charge in [0.05, 0.1) is 24.7 Å². The number of rotatable bonds is 9. The number of nitrogens with one attached hydrogen (secondary N) is 1. The summed E-state index contributed by atoms with van der Waals surface area (Å²) in [5, 5.41) is 23.1. The van der Waals surface area contributed by atoms with Crippen molar-refractivity contribution in [2.24, 2.45) is 0 Å². The lowest BCUT2D eigenvalue weighted by Gasteiger charge is -2.37. The van der Waals surface area contributed by atoms with Gasteiger partial charge in [0, 0.05) is 95.0 Å². The number of aromatic hydroxyl groups is 2. The van der Waals surface area contributed by atoms with Crippen molar-refractivity contribution in [1.29, 1.82) is 0 Å². The number of hydrogen-bond donors (Lipinski definition) is 3. The smallest absolute Gasteiger partial charge is 0.265 e. The van der Waals surface area contributed by atoms with Crippen LogP contribution in [0.3, 0.4) is 0 Å². The van der Waals surface area contributed by atoms with E-state index in [1.807, 2.05) is 53.4 Å². The molecule has 0 aliphatic carbocycles. The minimum Gasteiger partial charge on any atom is -0.506 e. The molecule has 0 bridgehead atoms. The maximum atomic E-state index is 12.9. The van der Waals surface area contributed by atoms with Gasteiger partial charge in [0.2, 0.25) is 5.91 Å². The zero-order valence-corrected chi connectivity index (χ0v) is 35.2. The van der Waals surface area contributed by atoms with Crippen molar-refractivity contribution in [3.8, 4) is 11.5 Å². The van der Waals surface area contributed by atoms with E-state index in [0.29, 0.717) is 36.1 Å². The van der Waals surface area contributed by atoms with E-state index >= 15 is 0 Å². The maximum absolute atomic E-state index is 12.9. The summed E-state index contributed by atoms with van der Waals surface area (Å²) in [7, 11) is -3.61. The van der Waals surface area contributed by atoms with Crippen LogP contribution in [0.25, 0.3) is 0 Å². The third kappa shape index (κ3) is 12.9. The number of piperazine rings is 2. The Bertz CT molecular complexity index is 2090. The second-order valence-electron chi connectivity index (χ2n) is 14.7. The van der Waals surface area contributed by atoms with E-state index in [-0.39, 0.29) is 29.4 Å². The molecule has 1 unspecified atom stereocenters. The van der Waals surface area contributed by atoms with Crippen LogP contribution in [0.5, 0.6) is 11.5 Å². The Hall–Kier alpha value is -4.71. The average Bonchev–Trinajstić information content (AvgIpc) is 3.76. The van der Waals surface area contributed by atoms with Crippen LogP contribution in [-0.4, -0.2) is 139 Å². The highest BCUT2D eigenvalue weighted by molar-refractivity contribution is 7.86. The first-order valence-corrected chi connectivity index (χ1v) is 22.1. The van der Waals surface area contributed by atoms with Crippen molar-refractivity contribution < 1.29 is 32.4 Å². The molecule has 6 heterocycles. The number of aromatic nitrogens is 2. The second kappa shape index (κ2) is 20.5. The molecule has 8 rings (SSSR count). The molecule has 0 saturated carbocycles. The predicted octanol–water partition coefficient (Wildman–Crippen LogP) is 3.98. The third-order valence-corrected chi connectivity index (χ3v) is 11.5. The summed E-state index contributed by atoms with van der Waals surface area (Å²) in [6, 6.07) is 21.8. The monoisotopic (exact) mass is 868 g/mol. The van der Waals surface area contributed by atoms with Gasteiger partial charge in [-0.15, -0.1) is 0 Å². The van der Waals surface area contributed by atoms with E-state index in [2.05, 4.69) is 30.0 Å². The van der Waals surface area contributed by atoms with E-state index in [0.717, 1.165) is 94.3 Å². The summed E-state index contributed by atoms with van der Waals surface area (Å²) in [6.45, 7) is 9.68. The van der Waals surface area contributed by atoms with E-state index < -0.39 is 16.2 Å². The fraction of sp³-hybridized carbons (Fsp3) is 0.415. The summed E-state index contributed by atoms with van der Waals surface area (Å²) in [5.74, 6) is 2.14. The standard InChI is InChI=1S/C20H23ClN4O2.C12H14ClNO4S.C9H13N3O/c21-16-3-1-15(2-4-16)14-25-8-7-18(20(25)27)23-9-11-24(12-10-23)19-6-5-17(26)13-22-19;1-19(16,17)18-11-6-7-14(12(11)15)8-9-2-4-10(13)5-3-9;13-8-1-2-9(11-7-8)12-5-3-10-4-6-12/h1-6,13,18,26H,7-12,14H2;2-5,11H,6-8H2,1H3;1-2,7,10,13H,3-6H2/t;11-;/m.1./s1. The van der Waals surface area contributed by atoms with Gasteiger partial charge in [0.15, 0.2) is 6.10 Å². The molecule has 2 aromatic carbocycles. The minimum atomic E-state index is -3.61. The summed E-state index contributed by atoms with van der Waals surface area (Å²) in [6.07, 6.45) is 4.28. The topological polar surface area (TPSA) is 172 Å². The van der Waals surface area contributed by atoms with Crippen molar-refractivity contribution in [3.05, 3.63) is 106 Å². The molecule has 15 nitrogen and oxygen atoms in total. The molecule has 4 fully saturated rings. The number of halogens is 2. The quantitative estimate of drug-likeness (QED) is 0.207. The van der Waals surface area contributed by atoms with Crippen LogP contribution in [0.2, 0.25) is 10.0 Å².